The second kappa shape index (κ2) is 11.1. The van der Waals surface area contributed by atoms with Gasteiger partial charge in [-0.25, -0.2) is 9.59 Å². The van der Waals surface area contributed by atoms with Crippen LogP contribution in [-0.2, 0) is 23.8 Å². The summed E-state index contributed by atoms with van der Waals surface area (Å²) in [5.74, 6) is -1.44. The maximum absolute atomic E-state index is 12.7. The molecule has 3 aromatic carbocycles. The van der Waals surface area contributed by atoms with E-state index in [-0.39, 0.29) is 24.7 Å². The molecule has 0 amide bonds. The summed E-state index contributed by atoms with van der Waals surface area (Å²) in [6.45, 7) is 1.70. The van der Waals surface area contributed by atoms with Crippen LogP contribution in [0.1, 0.15) is 39.1 Å². The Morgan fingerprint density at radius 2 is 1.25 bits per heavy atom. The maximum atomic E-state index is 12.7. The Bertz CT molecular complexity index is 1230. The number of benzene rings is 3. The molecule has 0 heterocycles. The fourth-order valence-electron chi connectivity index (χ4n) is 3.87. The summed E-state index contributed by atoms with van der Waals surface area (Å²) in [6.07, 6.45) is 1.32. The standard InChI is InChI=1S/C28H28O7S/c1-21-12-14-25(15-13-21)36(31,32)35-20-28(16-17-28)24(18-33-26(29)22-8-4-2-5-9-22)19-34-27(30)23-10-6-3-7-11-23/h2-15,24H,16-20H2,1H3. The van der Waals surface area contributed by atoms with Crippen molar-refractivity contribution in [3.05, 3.63) is 102 Å². The van der Waals surface area contributed by atoms with Gasteiger partial charge in [-0.05, 0) is 56.2 Å². The SMILES string of the molecule is Cc1ccc(S(=O)(=O)OCC2(C(COC(=O)c3ccccc3)COC(=O)c3ccccc3)CC2)cc1. The first kappa shape index (κ1) is 25.6. The lowest BCUT2D eigenvalue weighted by molar-refractivity contribution is 0.00619. The molecule has 0 aromatic heterocycles. The predicted molar refractivity (Wildman–Crippen MR) is 133 cm³/mol. The average molecular weight is 509 g/mol. The zero-order chi connectivity index (χ0) is 25.6. The lowest BCUT2D eigenvalue weighted by atomic mass is 9.91. The first-order valence-corrected chi connectivity index (χ1v) is 13.1. The Hall–Kier alpha value is -3.49. The van der Waals surface area contributed by atoms with E-state index >= 15 is 0 Å². The molecule has 8 heteroatoms. The summed E-state index contributed by atoms with van der Waals surface area (Å²) >= 11 is 0. The molecule has 1 fully saturated rings. The van der Waals surface area contributed by atoms with E-state index in [1.165, 1.54) is 12.1 Å². The molecular weight excluding hydrogens is 480 g/mol. The fraction of sp³-hybridized carbons (Fsp3) is 0.286. The van der Waals surface area contributed by atoms with Crippen molar-refractivity contribution in [3.63, 3.8) is 0 Å². The molecule has 4 rings (SSSR count). The first-order valence-electron chi connectivity index (χ1n) is 11.7. The molecule has 0 bridgehead atoms. The minimum absolute atomic E-state index is 0.0380. The van der Waals surface area contributed by atoms with Crippen molar-refractivity contribution in [2.75, 3.05) is 19.8 Å². The van der Waals surface area contributed by atoms with E-state index < -0.39 is 33.4 Å². The summed E-state index contributed by atoms with van der Waals surface area (Å²) in [5, 5.41) is 0. The average Bonchev–Trinajstić information content (AvgIpc) is 3.69. The molecule has 7 nitrogen and oxygen atoms in total. The number of hydrogen-bond donors (Lipinski definition) is 0. The summed E-state index contributed by atoms with van der Waals surface area (Å²) in [6, 6.07) is 23.6. The highest BCUT2D eigenvalue weighted by molar-refractivity contribution is 7.86. The highest BCUT2D eigenvalue weighted by atomic mass is 32.2. The minimum atomic E-state index is -3.97. The minimum Gasteiger partial charge on any atom is -0.462 e. The third kappa shape index (κ3) is 6.38. The van der Waals surface area contributed by atoms with Gasteiger partial charge in [-0.1, -0.05) is 54.1 Å². The molecule has 0 spiro atoms. The van der Waals surface area contributed by atoms with Crippen LogP contribution in [0.4, 0.5) is 0 Å². The van der Waals surface area contributed by atoms with Crippen molar-refractivity contribution < 1.29 is 31.7 Å². The molecule has 0 N–H and O–H groups in total. The largest absolute Gasteiger partial charge is 0.462 e. The van der Waals surface area contributed by atoms with Crippen LogP contribution in [0.3, 0.4) is 0 Å². The van der Waals surface area contributed by atoms with E-state index in [9.17, 15) is 18.0 Å². The van der Waals surface area contributed by atoms with Gasteiger partial charge in [0.2, 0.25) is 0 Å². The number of carbonyl (C=O) groups is 2. The van der Waals surface area contributed by atoms with Gasteiger partial charge in [-0.15, -0.1) is 0 Å². The summed E-state index contributed by atoms with van der Waals surface area (Å²) in [5.41, 5.74) is 1.15. The van der Waals surface area contributed by atoms with Gasteiger partial charge < -0.3 is 9.47 Å². The maximum Gasteiger partial charge on any atom is 0.338 e. The van der Waals surface area contributed by atoms with Crippen molar-refractivity contribution in [3.8, 4) is 0 Å². The number of esters is 2. The van der Waals surface area contributed by atoms with Crippen LogP contribution in [0.25, 0.3) is 0 Å². The number of rotatable bonds is 11. The molecule has 1 aliphatic carbocycles. The Morgan fingerprint density at radius 1 is 0.778 bits per heavy atom. The van der Waals surface area contributed by atoms with Crippen LogP contribution in [0, 0.1) is 18.3 Å². The lowest BCUT2D eigenvalue weighted by Crippen LogP contribution is -2.32. The number of carbonyl (C=O) groups excluding carboxylic acids is 2. The van der Waals surface area contributed by atoms with Crippen LogP contribution in [-0.4, -0.2) is 40.2 Å². The molecule has 3 aromatic rings. The topological polar surface area (TPSA) is 96.0 Å². The van der Waals surface area contributed by atoms with E-state index in [2.05, 4.69) is 0 Å². The van der Waals surface area contributed by atoms with Crippen LogP contribution < -0.4 is 0 Å². The lowest BCUT2D eigenvalue weighted by Gasteiger charge is -2.26. The molecule has 36 heavy (non-hydrogen) atoms. The van der Waals surface area contributed by atoms with Crippen LogP contribution in [0.2, 0.25) is 0 Å². The van der Waals surface area contributed by atoms with Gasteiger partial charge in [0.15, 0.2) is 0 Å². The predicted octanol–water partition coefficient (Wildman–Crippen LogP) is 4.81. The molecule has 0 radical (unpaired) electrons. The molecule has 0 saturated heterocycles. The normalized spacial score (nSPS) is 14.3. The Morgan fingerprint density at radius 3 is 1.69 bits per heavy atom. The van der Waals surface area contributed by atoms with E-state index in [4.69, 9.17) is 13.7 Å². The molecule has 1 saturated carbocycles. The van der Waals surface area contributed by atoms with Gasteiger partial charge >= 0.3 is 11.9 Å². The zero-order valence-corrected chi connectivity index (χ0v) is 20.8. The Balaban J connectivity index is 1.45. The van der Waals surface area contributed by atoms with E-state index in [1.807, 2.05) is 6.92 Å². The van der Waals surface area contributed by atoms with Crippen molar-refractivity contribution >= 4 is 22.1 Å². The molecule has 1 aliphatic rings. The Labute approximate surface area is 211 Å². The van der Waals surface area contributed by atoms with Gasteiger partial charge in [0.25, 0.3) is 10.1 Å². The Kier molecular flexibility index (Phi) is 7.86. The fourth-order valence-corrected chi connectivity index (χ4v) is 4.86. The number of ether oxygens (including phenoxy) is 2. The van der Waals surface area contributed by atoms with E-state index in [0.29, 0.717) is 24.0 Å². The van der Waals surface area contributed by atoms with E-state index in [1.54, 1.807) is 72.8 Å². The number of hydrogen-bond acceptors (Lipinski definition) is 7. The highest BCUT2D eigenvalue weighted by Gasteiger charge is 2.51. The van der Waals surface area contributed by atoms with Crippen molar-refractivity contribution in [2.45, 2.75) is 24.7 Å². The first-order chi connectivity index (χ1) is 17.3. The van der Waals surface area contributed by atoms with Crippen LogP contribution in [0.15, 0.2) is 89.8 Å². The van der Waals surface area contributed by atoms with Gasteiger partial charge in [-0.3, -0.25) is 4.18 Å². The zero-order valence-electron chi connectivity index (χ0n) is 20.0. The summed E-state index contributed by atoms with van der Waals surface area (Å²) < 4.78 is 42.0. The third-order valence-electron chi connectivity index (χ3n) is 6.42. The quantitative estimate of drug-likeness (QED) is 0.271. The summed E-state index contributed by atoms with van der Waals surface area (Å²) in [4.78, 5) is 25.1. The van der Waals surface area contributed by atoms with Gasteiger partial charge in [0.1, 0.15) is 0 Å². The van der Waals surface area contributed by atoms with Gasteiger partial charge in [0, 0.05) is 11.3 Å². The van der Waals surface area contributed by atoms with Gasteiger partial charge in [-0.2, -0.15) is 8.42 Å². The van der Waals surface area contributed by atoms with Crippen LogP contribution >= 0.6 is 0 Å². The van der Waals surface area contributed by atoms with Gasteiger partial charge in [0.05, 0.1) is 35.8 Å². The molecule has 188 valence electrons. The third-order valence-corrected chi connectivity index (χ3v) is 7.70. The van der Waals surface area contributed by atoms with Crippen LogP contribution in [0.5, 0.6) is 0 Å². The molecule has 0 unspecified atom stereocenters. The monoisotopic (exact) mass is 508 g/mol. The highest BCUT2D eigenvalue weighted by Crippen LogP contribution is 2.53. The van der Waals surface area contributed by atoms with E-state index in [0.717, 1.165) is 5.56 Å². The second-order valence-corrected chi connectivity index (χ2v) is 10.6. The molecular formula is C28H28O7S. The van der Waals surface area contributed by atoms with Crippen molar-refractivity contribution in [1.29, 1.82) is 0 Å². The van der Waals surface area contributed by atoms with Crippen molar-refractivity contribution in [2.24, 2.45) is 11.3 Å². The van der Waals surface area contributed by atoms with Crippen molar-refractivity contribution in [1.82, 2.24) is 0 Å². The second-order valence-electron chi connectivity index (χ2n) is 9.02. The summed E-state index contributed by atoms with van der Waals surface area (Å²) in [7, 11) is -3.97. The smallest absolute Gasteiger partial charge is 0.338 e. The molecule has 0 aliphatic heterocycles. The molecule has 0 atom stereocenters. The number of aryl methyl sites for hydroxylation is 1.